The van der Waals surface area contributed by atoms with Crippen molar-refractivity contribution in [2.24, 2.45) is 11.8 Å². The van der Waals surface area contributed by atoms with Gasteiger partial charge in [-0.3, -0.25) is 5.32 Å². The molecule has 1 aliphatic carbocycles. The van der Waals surface area contributed by atoms with Gasteiger partial charge in [-0.25, -0.2) is 18.3 Å². The van der Waals surface area contributed by atoms with Crippen LogP contribution < -0.4 is 10.6 Å². The third kappa shape index (κ3) is 5.10. The van der Waals surface area contributed by atoms with E-state index in [4.69, 9.17) is 4.74 Å². The number of halogens is 2. The van der Waals surface area contributed by atoms with Gasteiger partial charge in [0.05, 0.1) is 30.6 Å². The summed E-state index contributed by atoms with van der Waals surface area (Å²) in [7, 11) is 0. The molecule has 3 unspecified atom stereocenters. The Balaban J connectivity index is 1.21. The largest absolute Gasteiger partial charge is 0.370 e. The number of rotatable bonds is 7. The molecule has 3 heterocycles. The van der Waals surface area contributed by atoms with Gasteiger partial charge in [-0.15, -0.1) is 0 Å². The Morgan fingerprint density at radius 3 is 2.59 bits per heavy atom. The van der Waals surface area contributed by atoms with Gasteiger partial charge in [-0.05, 0) is 61.1 Å². The van der Waals surface area contributed by atoms with Crippen molar-refractivity contribution in [2.75, 3.05) is 25.0 Å². The number of urea groups is 1. The van der Waals surface area contributed by atoms with Crippen molar-refractivity contribution >= 4 is 11.8 Å². The van der Waals surface area contributed by atoms with Gasteiger partial charge in [-0.2, -0.15) is 5.10 Å². The minimum atomic E-state index is -0.606. The summed E-state index contributed by atoms with van der Waals surface area (Å²) < 4.78 is 35.4. The van der Waals surface area contributed by atoms with E-state index in [1.807, 2.05) is 30.3 Å². The van der Waals surface area contributed by atoms with E-state index in [1.165, 1.54) is 18.6 Å². The number of ether oxygens (including phenoxy) is 1. The summed E-state index contributed by atoms with van der Waals surface area (Å²) in [6.07, 6.45) is 2.37. The van der Waals surface area contributed by atoms with E-state index < -0.39 is 11.6 Å². The van der Waals surface area contributed by atoms with Crippen molar-refractivity contribution in [3.8, 4) is 5.69 Å². The maximum atomic E-state index is 14.1. The van der Waals surface area contributed by atoms with Crippen LogP contribution in [-0.4, -0.2) is 46.4 Å². The maximum absolute atomic E-state index is 14.1. The molecule has 2 amide bonds. The first kappa shape index (κ1) is 24.1. The van der Waals surface area contributed by atoms with Crippen LogP contribution in [0.1, 0.15) is 42.5 Å². The van der Waals surface area contributed by atoms with Crippen LogP contribution in [-0.2, 0) is 18.0 Å². The zero-order chi connectivity index (χ0) is 25.5. The second-order valence-electron chi connectivity index (χ2n) is 10.5. The van der Waals surface area contributed by atoms with Crippen LogP contribution >= 0.6 is 0 Å². The Hall–Kier alpha value is -3.30. The second kappa shape index (κ2) is 9.87. The topological polar surface area (TPSA) is 71.4 Å². The molecule has 194 valence electrons. The maximum Gasteiger partial charge on any atom is 0.320 e. The van der Waals surface area contributed by atoms with Gasteiger partial charge >= 0.3 is 6.03 Å². The first-order valence-corrected chi connectivity index (χ1v) is 12.9. The minimum absolute atomic E-state index is 0.222. The van der Waals surface area contributed by atoms with Crippen LogP contribution in [0.15, 0.2) is 48.5 Å². The number of nitrogens with one attached hydrogen (secondary N) is 2. The van der Waals surface area contributed by atoms with E-state index in [0.29, 0.717) is 37.7 Å². The number of fused-ring (bicyclic) bond motifs is 1. The number of para-hydroxylation sites is 1. The van der Waals surface area contributed by atoms with Crippen LogP contribution in [0.5, 0.6) is 0 Å². The number of nitrogens with zero attached hydrogens (tertiary/aromatic N) is 3. The summed E-state index contributed by atoms with van der Waals surface area (Å²) in [5, 5.41) is 10.7. The molecule has 9 heteroatoms. The quantitative estimate of drug-likeness (QED) is 0.481. The molecule has 1 saturated heterocycles. The van der Waals surface area contributed by atoms with Crippen molar-refractivity contribution < 1.29 is 18.3 Å². The standard InChI is InChI=1S/C28H31F2N5O2/c1-17-9-18(17)7-8-34-13-23(19-10-20(29)12-21(30)11-19)25(14-34)31-28(36)32-27-24-15-37-16-26(24)33-35(27)22-5-3-2-4-6-22/h2-6,10-12,17-18,23,25H,7-9,13-16H2,1H3,(H2,31,32,36)/t17?,18?,23-,25?/m0/s1. The Labute approximate surface area is 214 Å². The van der Waals surface area contributed by atoms with Gasteiger partial charge in [0.15, 0.2) is 0 Å². The third-order valence-corrected chi connectivity index (χ3v) is 7.90. The Morgan fingerprint density at radius 2 is 1.86 bits per heavy atom. The number of carbonyl (C=O) groups is 1. The fraction of sp³-hybridized carbons (Fsp3) is 0.429. The molecule has 0 spiro atoms. The van der Waals surface area contributed by atoms with Gasteiger partial charge in [0.1, 0.15) is 17.5 Å². The number of hydrogen-bond acceptors (Lipinski definition) is 4. The molecule has 6 rings (SSSR count). The fourth-order valence-electron chi connectivity index (χ4n) is 5.70. The Morgan fingerprint density at radius 1 is 1.11 bits per heavy atom. The van der Waals surface area contributed by atoms with Crippen molar-refractivity contribution in [1.29, 1.82) is 0 Å². The van der Waals surface area contributed by atoms with E-state index >= 15 is 0 Å². The van der Waals surface area contributed by atoms with Gasteiger partial charge < -0.3 is 15.0 Å². The molecule has 2 aliphatic heterocycles. The number of likely N-dealkylation sites (tertiary alicyclic amines) is 1. The molecule has 0 radical (unpaired) electrons. The number of benzene rings is 2. The summed E-state index contributed by atoms with van der Waals surface area (Å²) in [6, 6.07) is 12.6. The van der Waals surface area contributed by atoms with Crippen LogP contribution in [0, 0.1) is 23.5 Å². The van der Waals surface area contributed by atoms with Crippen molar-refractivity contribution in [2.45, 2.75) is 44.9 Å². The van der Waals surface area contributed by atoms with Crippen LogP contribution in [0.4, 0.5) is 19.4 Å². The van der Waals surface area contributed by atoms with E-state index in [9.17, 15) is 13.6 Å². The van der Waals surface area contributed by atoms with Gasteiger partial charge in [0.2, 0.25) is 0 Å². The molecular weight excluding hydrogens is 476 g/mol. The summed E-state index contributed by atoms with van der Waals surface area (Å²) in [6.45, 7) is 5.21. The highest BCUT2D eigenvalue weighted by atomic mass is 19.1. The first-order valence-electron chi connectivity index (χ1n) is 12.9. The summed E-state index contributed by atoms with van der Waals surface area (Å²) in [5.41, 5.74) is 3.05. The average Bonchev–Trinajstić information content (AvgIpc) is 3.20. The lowest BCUT2D eigenvalue weighted by atomic mass is 9.94. The molecule has 2 N–H and O–H groups in total. The zero-order valence-electron chi connectivity index (χ0n) is 20.8. The molecule has 3 aromatic rings. The number of aromatic nitrogens is 2. The number of anilines is 1. The number of carbonyl (C=O) groups excluding carboxylic acids is 1. The zero-order valence-corrected chi connectivity index (χ0v) is 20.8. The number of amides is 2. The number of hydrogen-bond donors (Lipinski definition) is 2. The molecular formula is C28H31F2N5O2. The van der Waals surface area contributed by atoms with Gasteiger partial charge in [-0.1, -0.05) is 25.1 Å². The molecule has 4 atom stereocenters. The minimum Gasteiger partial charge on any atom is -0.370 e. The highest BCUT2D eigenvalue weighted by molar-refractivity contribution is 5.90. The van der Waals surface area contributed by atoms with Crippen molar-refractivity contribution in [3.05, 3.63) is 77.0 Å². The molecule has 0 bridgehead atoms. The fourth-order valence-corrected chi connectivity index (χ4v) is 5.70. The molecule has 2 fully saturated rings. The molecule has 7 nitrogen and oxygen atoms in total. The smallest absolute Gasteiger partial charge is 0.320 e. The van der Waals surface area contributed by atoms with Crippen LogP contribution in [0.3, 0.4) is 0 Å². The van der Waals surface area contributed by atoms with Gasteiger partial charge in [0.25, 0.3) is 0 Å². The van der Waals surface area contributed by atoms with Crippen molar-refractivity contribution in [1.82, 2.24) is 20.0 Å². The first-order chi connectivity index (χ1) is 17.9. The molecule has 37 heavy (non-hydrogen) atoms. The predicted octanol–water partition coefficient (Wildman–Crippen LogP) is 4.82. The van der Waals surface area contributed by atoms with E-state index in [1.54, 1.807) is 4.68 Å². The van der Waals surface area contributed by atoms with Gasteiger partial charge in [0, 0.05) is 30.6 Å². The summed E-state index contributed by atoms with van der Waals surface area (Å²) >= 11 is 0. The van der Waals surface area contributed by atoms with Crippen LogP contribution in [0.25, 0.3) is 5.69 Å². The molecule has 2 aromatic carbocycles. The van der Waals surface area contributed by atoms with Crippen LogP contribution in [0.2, 0.25) is 0 Å². The second-order valence-corrected chi connectivity index (χ2v) is 10.5. The highest BCUT2D eigenvalue weighted by Crippen LogP contribution is 2.41. The van der Waals surface area contributed by atoms with E-state index in [0.717, 1.165) is 47.8 Å². The summed E-state index contributed by atoms with van der Waals surface area (Å²) in [5.74, 6) is 0.665. The SMILES string of the molecule is CC1CC1CCN1CC(NC(=O)Nc2c3c(nn2-c2ccccc2)COC3)[C@H](c2cc(F)cc(F)c2)C1. The lowest BCUT2D eigenvalue weighted by molar-refractivity contribution is 0.131. The predicted molar refractivity (Wildman–Crippen MR) is 135 cm³/mol. The molecule has 1 aromatic heterocycles. The molecule has 3 aliphatic rings. The molecule has 1 saturated carbocycles. The summed E-state index contributed by atoms with van der Waals surface area (Å²) in [4.78, 5) is 15.6. The lowest BCUT2D eigenvalue weighted by Crippen LogP contribution is -2.42. The average molecular weight is 508 g/mol. The third-order valence-electron chi connectivity index (χ3n) is 7.90. The lowest BCUT2D eigenvalue weighted by Gasteiger charge is -2.21. The Bertz CT molecular complexity index is 1280. The van der Waals surface area contributed by atoms with E-state index in [2.05, 4.69) is 27.6 Å². The monoisotopic (exact) mass is 507 g/mol. The highest BCUT2D eigenvalue weighted by Gasteiger charge is 2.38. The normalized spacial score (nSPS) is 24.7. The van der Waals surface area contributed by atoms with Crippen molar-refractivity contribution in [3.63, 3.8) is 0 Å². The Kier molecular flexibility index (Phi) is 6.42. The van der Waals surface area contributed by atoms with E-state index in [-0.39, 0.29) is 18.0 Å².